The van der Waals surface area contributed by atoms with E-state index >= 15 is 0 Å². The van der Waals surface area contributed by atoms with Gasteiger partial charge in [0.15, 0.2) is 5.84 Å². The molecule has 1 aromatic heterocycles. The molecule has 2 heterocycles. The molecule has 154 valence electrons. The quantitative estimate of drug-likeness (QED) is 0.626. The predicted octanol–water partition coefficient (Wildman–Crippen LogP) is 1.91. The van der Waals surface area contributed by atoms with Gasteiger partial charge in [-0.05, 0) is 24.3 Å². The van der Waals surface area contributed by atoms with Crippen LogP contribution in [-0.2, 0) is 21.4 Å². The zero-order chi connectivity index (χ0) is 21.3. The van der Waals surface area contributed by atoms with E-state index in [0.29, 0.717) is 12.1 Å². The largest absolute Gasteiger partial charge is 0.349 e. The van der Waals surface area contributed by atoms with Crippen molar-refractivity contribution in [2.75, 3.05) is 20.6 Å². The first-order valence-corrected chi connectivity index (χ1v) is 10.8. The molecule has 0 radical (unpaired) electrons. The van der Waals surface area contributed by atoms with Crippen molar-refractivity contribution in [1.29, 1.82) is 0 Å². The van der Waals surface area contributed by atoms with Crippen LogP contribution < -0.4 is 0 Å². The van der Waals surface area contributed by atoms with Gasteiger partial charge in [0.2, 0.25) is 5.91 Å². The molecule has 1 amide bonds. The van der Waals surface area contributed by atoms with Gasteiger partial charge in [-0.3, -0.25) is 4.79 Å². The molecule has 1 aliphatic rings. The van der Waals surface area contributed by atoms with Crippen LogP contribution in [0.3, 0.4) is 0 Å². The van der Waals surface area contributed by atoms with Crippen molar-refractivity contribution >= 4 is 21.8 Å². The third kappa shape index (κ3) is 3.84. The van der Waals surface area contributed by atoms with E-state index in [1.807, 2.05) is 36.5 Å². The van der Waals surface area contributed by atoms with Crippen LogP contribution in [0.4, 0.5) is 0 Å². The fraction of sp³-hybridized carbons (Fsp3) is 0.190. The Morgan fingerprint density at radius 2 is 1.73 bits per heavy atom. The van der Waals surface area contributed by atoms with Crippen LogP contribution in [0, 0.1) is 0 Å². The van der Waals surface area contributed by atoms with Gasteiger partial charge >= 0.3 is 0 Å². The smallest absolute Gasteiger partial charge is 0.285 e. The van der Waals surface area contributed by atoms with E-state index in [9.17, 15) is 13.2 Å². The van der Waals surface area contributed by atoms with Gasteiger partial charge in [0.05, 0.1) is 18.4 Å². The maximum absolute atomic E-state index is 12.7. The highest BCUT2D eigenvalue weighted by molar-refractivity contribution is 7.90. The third-order valence-electron chi connectivity index (χ3n) is 4.85. The number of para-hydroxylation sites is 1. The summed E-state index contributed by atoms with van der Waals surface area (Å²) in [7, 11) is -0.350. The van der Waals surface area contributed by atoms with Crippen molar-refractivity contribution in [1.82, 2.24) is 19.6 Å². The summed E-state index contributed by atoms with van der Waals surface area (Å²) in [6.07, 6.45) is 3.61. The lowest BCUT2D eigenvalue weighted by atomic mass is 10.2. The second-order valence-corrected chi connectivity index (χ2v) is 8.69. The highest BCUT2D eigenvalue weighted by atomic mass is 32.2. The average Bonchev–Trinajstić information content (AvgIpc) is 3.31. The molecule has 0 bridgehead atoms. The molecule has 0 saturated heterocycles. The summed E-state index contributed by atoms with van der Waals surface area (Å²) in [5.41, 5.74) is 2.35. The van der Waals surface area contributed by atoms with Gasteiger partial charge in [-0.2, -0.15) is 13.5 Å². The number of sulfonamides is 1. The lowest BCUT2D eigenvalue weighted by molar-refractivity contribution is -0.130. The molecule has 9 heteroatoms. The number of carbonyl (C=O) groups excluding carboxylic acids is 1. The molecule has 0 aliphatic carbocycles. The molecule has 1 aliphatic heterocycles. The normalized spacial score (nSPS) is 14.1. The number of rotatable bonds is 5. The summed E-state index contributed by atoms with van der Waals surface area (Å²) in [6.45, 7) is 0.396. The van der Waals surface area contributed by atoms with Crippen LogP contribution in [0.25, 0.3) is 5.69 Å². The Kier molecular flexibility index (Phi) is 5.13. The summed E-state index contributed by atoms with van der Waals surface area (Å²) in [5, 5.41) is 4.35. The molecule has 2 aromatic carbocycles. The number of benzene rings is 2. The second-order valence-electron chi connectivity index (χ2n) is 7.12. The van der Waals surface area contributed by atoms with E-state index < -0.39 is 10.0 Å². The van der Waals surface area contributed by atoms with E-state index in [1.54, 1.807) is 53.0 Å². The molecule has 0 fully saturated rings. The number of hydrogen-bond donors (Lipinski definition) is 0. The van der Waals surface area contributed by atoms with E-state index in [0.717, 1.165) is 11.3 Å². The highest BCUT2D eigenvalue weighted by Gasteiger charge is 2.31. The minimum absolute atomic E-state index is 0.00596. The maximum atomic E-state index is 12.7. The molecule has 0 spiro atoms. The zero-order valence-corrected chi connectivity index (χ0v) is 17.5. The van der Waals surface area contributed by atoms with Gasteiger partial charge in [-0.15, -0.1) is 4.40 Å². The number of likely N-dealkylation sites (N-methyl/N-ethyl adjacent to an activating group) is 2. The molecule has 4 rings (SSSR count). The van der Waals surface area contributed by atoms with Crippen molar-refractivity contribution in [3.63, 3.8) is 0 Å². The standard InChI is InChI=1S/C21H21N5O3S/c1-24(13-16-12-22-26(14-16)17-8-4-3-5-9-17)20(27)15-25(2)21-18-10-6-7-11-19(18)30(28,29)23-21/h3-12,14H,13,15H2,1-2H3. The maximum Gasteiger partial charge on any atom is 0.285 e. The Hall–Kier alpha value is -3.46. The molecule has 8 nitrogen and oxygen atoms in total. The van der Waals surface area contributed by atoms with Crippen molar-refractivity contribution in [2.45, 2.75) is 11.4 Å². The summed E-state index contributed by atoms with van der Waals surface area (Å²) >= 11 is 0. The fourth-order valence-corrected chi connectivity index (χ4v) is 4.54. The summed E-state index contributed by atoms with van der Waals surface area (Å²) in [4.78, 5) is 16.0. The van der Waals surface area contributed by atoms with E-state index in [2.05, 4.69) is 9.50 Å². The zero-order valence-electron chi connectivity index (χ0n) is 16.6. The Balaban J connectivity index is 1.43. The number of fused-ring (bicyclic) bond motifs is 1. The van der Waals surface area contributed by atoms with E-state index in [1.165, 1.54) is 6.07 Å². The van der Waals surface area contributed by atoms with Gasteiger partial charge in [-0.1, -0.05) is 30.3 Å². The summed E-state index contributed by atoms with van der Waals surface area (Å²) in [6, 6.07) is 16.3. The molecule has 0 saturated carbocycles. The van der Waals surface area contributed by atoms with Crippen LogP contribution in [0.2, 0.25) is 0 Å². The van der Waals surface area contributed by atoms with Gasteiger partial charge in [-0.25, -0.2) is 4.68 Å². The van der Waals surface area contributed by atoms with Crippen LogP contribution in [0.5, 0.6) is 0 Å². The van der Waals surface area contributed by atoms with Crippen LogP contribution >= 0.6 is 0 Å². The van der Waals surface area contributed by atoms with Gasteiger partial charge in [0.1, 0.15) is 4.90 Å². The topological polar surface area (TPSA) is 87.9 Å². The molecule has 0 atom stereocenters. The SMILES string of the molecule is CN(Cc1cnn(-c2ccccc2)c1)C(=O)CN(C)C1=NS(=O)(=O)c2ccccc21. The minimum Gasteiger partial charge on any atom is -0.349 e. The fourth-order valence-electron chi connectivity index (χ4n) is 3.29. The van der Waals surface area contributed by atoms with E-state index in [4.69, 9.17) is 0 Å². The summed E-state index contributed by atoms with van der Waals surface area (Å²) in [5.74, 6) is 0.124. The molecular formula is C21H21N5O3S. The lowest BCUT2D eigenvalue weighted by Crippen LogP contribution is -2.39. The molecule has 0 unspecified atom stereocenters. The van der Waals surface area contributed by atoms with Crippen LogP contribution in [-0.4, -0.2) is 60.4 Å². The first-order chi connectivity index (χ1) is 14.3. The first kappa shape index (κ1) is 19.8. The van der Waals surface area contributed by atoms with Crippen molar-refractivity contribution < 1.29 is 13.2 Å². The van der Waals surface area contributed by atoms with Crippen LogP contribution in [0.15, 0.2) is 76.3 Å². The second kappa shape index (κ2) is 7.75. The predicted molar refractivity (Wildman–Crippen MR) is 113 cm³/mol. The average molecular weight is 423 g/mol. The minimum atomic E-state index is -3.72. The Labute approximate surface area is 175 Å². The van der Waals surface area contributed by atoms with Gasteiger partial charge in [0, 0.05) is 38.0 Å². The number of hydrogen-bond acceptors (Lipinski definition) is 5. The number of amides is 1. The Morgan fingerprint density at radius 3 is 2.50 bits per heavy atom. The van der Waals surface area contributed by atoms with Crippen LogP contribution in [0.1, 0.15) is 11.1 Å². The Bertz CT molecular complexity index is 1220. The third-order valence-corrected chi connectivity index (χ3v) is 6.17. The molecular weight excluding hydrogens is 402 g/mol. The van der Waals surface area contributed by atoms with Gasteiger partial charge in [0.25, 0.3) is 10.0 Å². The number of amidine groups is 1. The van der Waals surface area contributed by atoms with Crippen molar-refractivity contribution in [2.24, 2.45) is 4.40 Å². The Morgan fingerprint density at radius 1 is 1.03 bits per heavy atom. The highest BCUT2D eigenvalue weighted by Crippen LogP contribution is 2.26. The lowest BCUT2D eigenvalue weighted by Gasteiger charge is -2.22. The number of aromatic nitrogens is 2. The monoisotopic (exact) mass is 423 g/mol. The van der Waals surface area contributed by atoms with Gasteiger partial charge < -0.3 is 9.80 Å². The number of nitrogens with zero attached hydrogens (tertiary/aromatic N) is 5. The first-order valence-electron chi connectivity index (χ1n) is 9.33. The van der Waals surface area contributed by atoms with Crippen molar-refractivity contribution in [3.8, 4) is 5.69 Å². The summed E-state index contributed by atoms with van der Waals surface area (Å²) < 4.78 is 30.1. The van der Waals surface area contributed by atoms with Crippen molar-refractivity contribution in [3.05, 3.63) is 78.1 Å². The van der Waals surface area contributed by atoms with E-state index in [-0.39, 0.29) is 23.2 Å². The molecule has 0 N–H and O–H groups in total. The molecule has 3 aromatic rings. The number of carbonyl (C=O) groups is 1. The molecule has 30 heavy (non-hydrogen) atoms.